The quantitative estimate of drug-likeness (QED) is 0.747. The van der Waals surface area contributed by atoms with Gasteiger partial charge in [0.2, 0.25) is 0 Å². The van der Waals surface area contributed by atoms with Crippen LogP contribution >= 0.6 is 15.9 Å². The molecule has 0 spiro atoms. The van der Waals surface area contributed by atoms with Crippen LogP contribution in [0.3, 0.4) is 0 Å². The zero-order valence-electron chi connectivity index (χ0n) is 14.1. The lowest BCUT2D eigenvalue weighted by atomic mass is 9.95. The van der Waals surface area contributed by atoms with Crippen molar-refractivity contribution >= 4 is 27.9 Å². The van der Waals surface area contributed by atoms with Gasteiger partial charge in [-0.15, -0.1) is 0 Å². The van der Waals surface area contributed by atoms with Gasteiger partial charge in [0.25, 0.3) is 0 Å². The third kappa shape index (κ3) is 3.90. The predicted molar refractivity (Wildman–Crippen MR) is 93.6 cm³/mol. The summed E-state index contributed by atoms with van der Waals surface area (Å²) in [5, 5.41) is 5.41. The van der Waals surface area contributed by atoms with Crippen molar-refractivity contribution in [3.05, 3.63) is 39.5 Å². The van der Waals surface area contributed by atoms with Crippen molar-refractivity contribution < 1.29 is 19.1 Å². The number of halogens is 1. The average molecular weight is 397 g/mol. The Morgan fingerprint density at radius 3 is 2.75 bits per heavy atom. The summed E-state index contributed by atoms with van der Waals surface area (Å²) in [6.45, 7) is 5.45. The number of esters is 1. The first-order chi connectivity index (χ1) is 11.4. The number of benzene rings is 1. The number of carbonyl (C=O) groups is 2. The van der Waals surface area contributed by atoms with Crippen molar-refractivity contribution in [2.45, 2.75) is 39.3 Å². The van der Waals surface area contributed by atoms with Crippen LogP contribution in [0.1, 0.15) is 38.8 Å². The lowest BCUT2D eigenvalue weighted by Gasteiger charge is -2.29. The van der Waals surface area contributed by atoms with Crippen molar-refractivity contribution in [2.24, 2.45) is 0 Å². The largest absolute Gasteiger partial charge is 0.496 e. The molecule has 0 bridgehead atoms. The molecule has 0 saturated carbocycles. The Labute approximate surface area is 149 Å². The molecule has 2 unspecified atom stereocenters. The van der Waals surface area contributed by atoms with Crippen molar-refractivity contribution in [3.8, 4) is 5.75 Å². The Bertz CT molecular complexity index is 687. The van der Waals surface area contributed by atoms with Gasteiger partial charge in [-0.2, -0.15) is 0 Å². The van der Waals surface area contributed by atoms with E-state index in [4.69, 9.17) is 9.47 Å². The maximum absolute atomic E-state index is 12.6. The second kappa shape index (κ2) is 7.70. The molecule has 2 atom stereocenters. The van der Waals surface area contributed by atoms with E-state index < -0.39 is 12.0 Å². The van der Waals surface area contributed by atoms with Gasteiger partial charge >= 0.3 is 12.0 Å². The van der Waals surface area contributed by atoms with Crippen LogP contribution in [0.2, 0.25) is 0 Å². The Morgan fingerprint density at radius 1 is 1.42 bits per heavy atom. The Hall–Kier alpha value is -2.02. The van der Waals surface area contributed by atoms with Crippen LogP contribution in [0.15, 0.2) is 33.9 Å². The maximum atomic E-state index is 12.6. The Balaban J connectivity index is 2.49. The molecule has 1 heterocycles. The monoisotopic (exact) mass is 396 g/mol. The number of amides is 2. The summed E-state index contributed by atoms with van der Waals surface area (Å²) < 4.78 is 11.7. The molecule has 1 aromatic carbocycles. The topological polar surface area (TPSA) is 76.7 Å². The molecule has 0 saturated heterocycles. The minimum atomic E-state index is -0.650. The number of ether oxygens (including phenoxy) is 2. The highest BCUT2D eigenvalue weighted by Gasteiger charge is 2.34. The van der Waals surface area contributed by atoms with Gasteiger partial charge in [-0.25, -0.2) is 9.59 Å². The molecule has 7 heteroatoms. The van der Waals surface area contributed by atoms with Gasteiger partial charge in [-0.05, 0) is 38.5 Å². The number of hydrogen-bond acceptors (Lipinski definition) is 4. The van der Waals surface area contributed by atoms with Gasteiger partial charge in [0, 0.05) is 15.7 Å². The molecule has 2 N–H and O–H groups in total. The smallest absolute Gasteiger partial charge is 0.338 e. The number of allylic oxidation sites excluding steroid dienone is 1. The molecule has 2 rings (SSSR count). The van der Waals surface area contributed by atoms with Crippen LogP contribution in [0, 0.1) is 0 Å². The number of nitrogens with one attached hydrogen (secondary N) is 2. The minimum absolute atomic E-state index is 0.208. The summed E-state index contributed by atoms with van der Waals surface area (Å²) in [5.41, 5.74) is 1.52. The maximum Gasteiger partial charge on any atom is 0.338 e. The zero-order valence-corrected chi connectivity index (χ0v) is 15.7. The molecule has 0 aromatic heterocycles. The molecule has 0 fully saturated rings. The standard InChI is InChI=1S/C17H21BrN2O4/c1-5-9(2)24-16(21)14-10(3)19-17(22)20-15(14)12-8-11(18)6-7-13(12)23-4/h6-9,15H,5H2,1-4H3,(H2,19,20,22). The first kappa shape index (κ1) is 18.3. The Kier molecular flexibility index (Phi) is 5.88. The summed E-state index contributed by atoms with van der Waals surface area (Å²) in [5.74, 6) is 0.119. The second-order valence-corrected chi connectivity index (χ2v) is 6.50. The van der Waals surface area contributed by atoms with E-state index in [1.807, 2.05) is 26.0 Å². The summed E-state index contributed by atoms with van der Waals surface area (Å²) in [4.78, 5) is 24.6. The SMILES string of the molecule is CCC(C)OC(=O)C1=C(C)NC(=O)NC1c1cc(Br)ccc1OC. The van der Waals surface area contributed by atoms with Crippen LogP contribution in [-0.4, -0.2) is 25.2 Å². The molecular formula is C17H21BrN2O4. The molecule has 130 valence electrons. The summed E-state index contributed by atoms with van der Waals surface area (Å²) in [6.07, 6.45) is 0.503. The fraction of sp³-hybridized carbons (Fsp3) is 0.412. The van der Waals surface area contributed by atoms with Gasteiger partial charge in [-0.1, -0.05) is 22.9 Å². The molecule has 2 amide bonds. The van der Waals surface area contributed by atoms with Crippen LogP contribution in [0.4, 0.5) is 4.79 Å². The molecule has 0 radical (unpaired) electrons. The van der Waals surface area contributed by atoms with E-state index in [1.165, 1.54) is 0 Å². The van der Waals surface area contributed by atoms with Crippen LogP contribution in [-0.2, 0) is 9.53 Å². The van der Waals surface area contributed by atoms with Crippen LogP contribution < -0.4 is 15.4 Å². The minimum Gasteiger partial charge on any atom is -0.496 e. The number of rotatable bonds is 5. The summed E-state index contributed by atoms with van der Waals surface area (Å²) in [7, 11) is 1.54. The average Bonchev–Trinajstić information content (AvgIpc) is 2.53. The lowest BCUT2D eigenvalue weighted by molar-refractivity contribution is -0.144. The van der Waals surface area contributed by atoms with Crippen molar-refractivity contribution in [3.63, 3.8) is 0 Å². The molecule has 24 heavy (non-hydrogen) atoms. The number of carbonyl (C=O) groups excluding carboxylic acids is 2. The Morgan fingerprint density at radius 2 is 2.12 bits per heavy atom. The highest BCUT2D eigenvalue weighted by Crippen LogP contribution is 2.35. The molecular weight excluding hydrogens is 376 g/mol. The summed E-state index contributed by atoms with van der Waals surface area (Å²) in [6, 6.07) is 4.40. The number of urea groups is 1. The highest BCUT2D eigenvalue weighted by molar-refractivity contribution is 9.10. The van der Waals surface area contributed by atoms with E-state index in [1.54, 1.807) is 20.1 Å². The van der Waals surface area contributed by atoms with E-state index >= 15 is 0 Å². The van der Waals surface area contributed by atoms with E-state index in [2.05, 4.69) is 26.6 Å². The van der Waals surface area contributed by atoms with E-state index in [-0.39, 0.29) is 12.1 Å². The van der Waals surface area contributed by atoms with Crippen molar-refractivity contribution in [2.75, 3.05) is 7.11 Å². The number of hydrogen-bond donors (Lipinski definition) is 2. The van der Waals surface area contributed by atoms with Gasteiger partial charge in [0.15, 0.2) is 0 Å². The van der Waals surface area contributed by atoms with Crippen LogP contribution in [0.25, 0.3) is 0 Å². The molecule has 1 aromatic rings. The normalized spacial score (nSPS) is 18.5. The molecule has 1 aliphatic rings. The highest BCUT2D eigenvalue weighted by atomic mass is 79.9. The van der Waals surface area contributed by atoms with E-state index in [9.17, 15) is 9.59 Å². The first-order valence-corrected chi connectivity index (χ1v) is 8.49. The van der Waals surface area contributed by atoms with Gasteiger partial charge in [0.1, 0.15) is 5.75 Å². The van der Waals surface area contributed by atoms with E-state index in [0.29, 0.717) is 29.0 Å². The van der Waals surface area contributed by atoms with Gasteiger partial charge < -0.3 is 20.1 Å². The lowest BCUT2D eigenvalue weighted by Crippen LogP contribution is -2.45. The fourth-order valence-corrected chi connectivity index (χ4v) is 2.84. The summed E-state index contributed by atoms with van der Waals surface area (Å²) >= 11 is 3.41. The zero-order chi connectivity index (χ0) is 17.9. The molecule has 6 nitrogen and oxygen atoms in total. The first-order valence-electron chi connectivity index (χ1n) is 7.70. The van der Waals surface area contributed by atoms with Crippen molar-refractivity contribution in [1.29, 1.82) is 0 Å². The van der Waals surface area contributed by atoms with E-state index in [0.717, 1.165) is 4.47 Å². The van der Waals surface area contributed by atoms with Crippen LogP contribution in [0.5, 0.6) is 5.75 Å². The molecule has 0 aliphatic carbocycles. The fourth-order valence-electron chi connectivity index (χ4n) is 2.46. The number of methoxy groups -OCH3 is 1. The van der Waals surface area contributed by atoms with Crippen molar-refractivity contribution in [1.82, 2.24) is 10.6 Å². The third-order valence-corrected chi connectivity index (χ3v) is 4.37. The van der Waals surface area contributed by atoms with Gasteiger partial charge in [-0.3, -0.25) is 0 Å². The molecule has 1 aliphatic heterocycles. The second-order valence-electron chi connectivity index (χ2n) is 5.58. The third-order valence-electron chi connectivity index (χ3n) is 3.87. The van der Waals surface area contributed by atoms with Gasteiger partial charge in [0.05, 0.1) is 24.8 Å². The predicted octanol–water partition coefficient (Wildman–Crippen LogP) is 3.43.